The molecule has 1 aromatic rings. The first kappa shape index (κ1) is 11.5. The van der Waals surface area contributed by atoms with Crippen molar-refractivity contribution in [1.29, 1.82) is 0 Å². The molecule has 0 spiro atoms. The van der Waals surface area contributed by atoms with Gasteiger partial charge in [0, 0.05) is 0 Å². The van der Waals surface area contributed by atoms with Crippen LogP contribution in [0.2, 0.25) is 0 Å². The topological polar surface area (TPSA) is 48.7 Å². The molecule has 0 radical (unpaired) electrons. The smallest absolute Gasteiger partial charge is 2.00 e. The molecule has 3 heteroatoms. The molecule has 0 saturated heterocycles. The quantitative estimate of drug-likeness (QED) is 0.527. The zero-order chi connectivity index (χ0) is 5.11. The Morgan fingerprint density at radius 1 is 1.00 bits per heavy atom. The number of benzene rings is 1. The molecule has 0 fully saturated rings. The average molecular weight is 134 g/mol. The van der Waals surface area contributed by atoms with Gasteiger partial charge in [-0.15, -0.1) is 0 Å². The molecule has 0 bridgehead atoms. The Morgan fingerprint density at radius 3 is 1.67 bits per heavy atom. The van der Waals surface area contributed by atoms with Gasteiger partial charge in [-0.25, -0.2) is 0 Å². The van der Waals surface area contributed by atoms with Crippen LogP contribution in [-0.4, -0.2) is 28.2 Å². The number of aromatic hydroxyl groups is 1. The summed E-state index contributed by atoms with van der Waals surface area (Å²) in [7, 11) is 0. The van der Waals surface area contributed by atoms with Crippen molar-refractivity contribution in [3.05, 3.63) is 30.3 Å². The van der Waals surface area contributed by atoms with Crippen molar-refractivity contribution in [2.24, 2.45) is 0 Å². The van der Waals surface area contributed by atoms with Crippen LogP contribution in [0.5, 0.6) is 5.75 Å². The summed E-state index contributed by atoms with van der Waals surface area (Å²) in [5.74, 6) is 0.322. The summed E-state index contributed by atoms with van der Waals surface area (Å²) in [6.07, 6.45) is 0. The molecule has 0 atom stereocenters. The largest absolute Gasteiger partial charge is 2.00 e. The summed E-state index contributed by atoms with van der Waals surface area (Å²) in [5.41, 5.74) is 0. The van der Waals surface area contributed by atoms with Crippen molar-refractivity contribution in [2.75, 3.05) is 0 Å². The molecule has 1 rings (SSSR count). The summed E-state index contributed by atoms with van der Waals surface area (Å²) >= 11 is 0. The van der Waals surface area contributed by atoms with E-state index >= 15 is 0 Å². The van der Waals surface area contributed by atoms with Crippen molar-refractivity contribution >= 4 is 23.1 Å². The molecule has 0 aromatic heterocycles. The second-order valence-electron chi connectivity index (χ2n) is 1.34. The number of rotatable bonds is 0. The zero-order valence-electron chi connectivity index (χ0n) is 4.95. The van der Waals surface area contributed by atoms with E-state index in [0.29, 0.717) is 5.75 Å². The minimum Gasteiger partial charge on any atom is -2.00 e. The fraction of sp³-hybridized carbons (Fsp3) is 0. The van der Waals surface area contributed by atoms with Gasteiger partial charge in [0.1, 0.15) is 5.75 Å². The number of phenolic OH excluding ortho intramolecular Hbond substituents is 1. The van der Waals surface area contributed by atoms with Gasteiger partial charge in [0.15, 0.2) is 0 Å². The monoisotopic (exact) mass is 134 g/mol. The first-order valence-corrected chi connectivity index (χ1v) is 2.13. The van der Waals surface area contributed by atoms with E-state index in [9.17, 15) is 0 Å². The van der Waals surface area contributed by atoms with E-state index in [4.69, 9.17) is 5.11 Å². The van der Waals surface area contributed by atoms with E-state index < -0.39 is 0 Å². The van der Waals surface area contributed by atoms with Gasteiger partial charge in [-0.2, -0.15) is 0 Å². The predicted octanol–water partition coefficient (Wildman–Crippen LogP) is 0.893. The Morgan fingerprint density at radius 2 is 1.44 bits per heavy atom. The maximum atomic E-state index is 8.63. The summed E-state index contributed by atoms with van der Waals surface area (Å²) in [6.45, 7) is 0. The maximum Gasteiger partial charge on any atom is 2.00 e. The van der Waals surface area contributed by atoms with E-state index in [1.165, 1.54) is 0 Å². The molecular formula is C6H6MgO2. The van der Waals surface area contributed by atoms with Crippen LogP contribution in [0.4, 0.5) is 0 Å². The fourth-order valence-electron chi connectivity index (χ4n) is 0.428. The maximum absolute atomic E-state index is 8.63. The molecule has 0 aliphatic rings. The zero-order valence-corrected chi connectivity index (χ0v) is 6.36. The van der Waals surface area contributed by atoms with Crippen LogP contribution in [0.3, 0.4) is 0 Å². The van der Waals surface area contributed by atoms with E-state index in [2.05, 4.69) is 0 Å². The standard InChI is InChI=1S/C6H6O.Mg.O/c7-6-4-2-1-3-5-6;;/h1-5,7H;;/q;+2;-2. The summed E-state index contributed by atoms with van der Waals surface area (Å²) < 4.78 is 0. The van der Waals surface area contributed by atoms with E-state index in [1.807, 2.05) is 6.07 Å². The van der Waals surface area contributed by atoms with Crippen LogP contribution in [0.25, 0.3) is 0 Å². The van der Waals surface area contributed by atoms with Gasteiger partial charge >= 0.3 is 23.1 Å². The Bertz CT molecular complexity index is 141. The SMILES string of the molecule is Oc1ccccc1.[Mg+2].[O-2]. The van der Waals surface area contributed by atoms with Crippen molar-refractivity contribution in [3.8, 4) is 5.75 Å². The number of hydrogen-bond donors (Lipinski definition) is 1. The van der Waals surface area contributed by atoms with Crippen LogP contribution in [-0.2, 0) is 5.48 Å². The third kappa shape index (κ3) is 4.26. The molecule has 0 saturated carbocycles. The minimum absolute atomic E-state index is 0. The number of hydrogen-bond acceptors (Lipinski definition) is 1. The van der Waals surface area contributed by atoms with Gasteiger partial charge in [-0.05, 0) is 12.1 Å². The Balaban J connectivity index is 0. The van der Waals surface area contributed by atoms with Crippen LogP contribution in [0.15, 0.2) is 30.3 Å². The second-order valence-corrected chi connectivity index (χ2v) is 1.34. The molecule has 1 N–H and O–H groups in total. The molecular weight excluding hydrogens is 128 g/mol. The summed E-state index contributed by atoms with van der Waals surface area (Å²) in [5, 5.41) is 8.63. The van der Waals surface area contributed by atoms with Gasteiger partial charge in [0.05, 0.1) is 0 Å². The second kappa shape index (κ2) is 5.88. The van der Waals surface area contributed by atoms with Gasteiger partial charge in [-0.3, -0.25) is 0 Å². The summed E-state index contributed by atoms with van der Waals surface area (Å²) in [4.78, 5) is 0. The predicted molar refractivity (Wildman–Crippen MR) is 34.5 cm³/mol. The number of para-hydroxylation sites is 1. The van der Waals surface area contributed by atoms with E-state index in [-0.39, 0.29) is 28.5 Å². The molecule has 2 nitrogen and oxygen atoms in total. The average Bonchev–Trinajstić information content (AvgIpc) is 1.69. The molecule has 0 amide bonds. The van der Waals surface area contributed by atoms with Crippen LogP contribution in [0.1, 0.15) is 0 Å². The number of phenols is 1. The van der Waals surface area contributed by atoms with Crippen molar-refractivity contribution in [3.63, 3.8) is 0 Å². The van der Waals surface area contributed by atoms with Gasteiger partial charge in [0.2, 0.25) is 0 Å². The fourth-order valence-corrected chi connectivity index (χ4v) is 0.428. The normalized spacial score (nSPS) is 6.67. The first-order valence-electron chi connectivity index (χ1n) is 2.13. The molecule has 0 heterocycles. The molecule has 0 aliphatic heterocycles. The molecule has 0 unspecified atom stereocenters. The minimum atomic E-state index is 0. The first-order chi connectivity index (χ1) is 3.39. The van der Waals surface area contributed by atoms with Gasteiger partial charge < -0.3 is 10.6 Å². The van der Waals surface area contributed by atoms with Gasteiger partial charge in [0.25, 0.3) is 0 Å². The third-order valence-corrected chi connectivity index (χ3v) is 0.756. The Hall–Kier alpha value is -0.254. The van der Waals surface area contributed by atoms with Crippen molar-refractivity contribution < 1.29 is 10.6 Å². The van der Waals surface area contributed by atoms with Crippen LogP contribution < -0.4 is 0 Å². The Labute approximate surface area is 70.0 Å². The van der Waals surface area contributed by atoms with Crippen LogP contribution in [0, 0.1) is 0 Å². The van der Waals surface area contributed by atoms with Crippen molar-refractivity contribution in [2.45, 2.75) is 0 Å². The van der Waals surface area contributed by atoms with E-state index in [1.54, 1.807) is 24.3 Å². The molecule has 0 aliphatic carbocycles. The summed E-state index contributed by atoms with van der Waals surface area (Å²) in [6, 6.07) is 8.71. The molecule has 44 valence electrons. The van der Waals surface area contributed by atoms with E-state index in [0.717, 1.165) is 0 Å². The molecule has 9 heavy (non-hydrogen) atoms. The Kier molecular flexibility index (Phi) is 7.53. The van der Waals surface area contributed by atoms with Crippen LogP contribution >= 0.6 is 0 Å². The molecule has 1 aromatic carbocycles. The van der Waals surface area contributed by atoms with Gasteiger partial charge in [-0.1, -0.05) is 18.2 Å². The third-order valence-electron chi connectivity index (χ3n) is 0.756. The van der Waals surface area contributed by atoms with Crippen molar-refractivity contribution in [1.82, 2.24) is 0 Å².